The Morgan fingerprint density at radius 2 is 2.12 bits per heavy atom. The number of carbonyl (C=O) groups excluding carboxylic acids is 1. The highest BCUT2D eigenvalue weighted by molar-refractivity contribution is 6.68. The molecule has 0 amide bonds. The molecule has 0 unspecified atom stereocenters. The molecule has 9 heteroatoms. The van der Waals surface area contributed by atoms with Gasteiger partial charge in [-0.1, -0.05) is 0 Å². The summed E-state index contributed by atoms with van der Waals surface area (Å²) in [6, 6.07) is 0. The molecule has 5 nitrogen and oxygen atoms in total. The van der Waals surface area contributed by atoms with Crippen molar-refractivity contribution in [3.8, 4) is 17.4 Å². The first kappa shape index (κ1) is 13.4. The number of aromatic hydroxyl groups is 1. The average molecular weight is 272 g/mol. The molecule has 0 aromatic carbocycles. The van der Waals surface area contributed by atoms with Crippen LogP contribution in [-0.2, 0) is 0 Å². The molecule has 1 aromatic heterocycles. The van der Waals surface area contributed by atoms with Crippen LogP contribution >= 0.6 is 11.6 Å². The predicted molar refractivity (Wildman–Crippen MR) is 49.3 cm³/mol. The normalized spacial score (nSPS) is 11.1. The van der Waals surface area contributed by atoms with E-state index in [0.29, 0.717) is 6.20 Å². The Labute approximate surface area is 97.7 Å². The highest BCUT2D eigenvalue weighted by Gasteiger charge is 2.34. The zero-order chi connectivity index (χ0) is 13.2. The van der Waals surface area contributed by atoms with Crippen LogP contribution < -0.4 is 9.47 Å². The maximum Gasteiger partial charge on any atom is 0.574 e. The van der Waals surface area contributed by atoms with Crippen molar-refractivity contribution < 1.29 is 32.5 Å². The summed E-state index contributed by atoms with van der Waals surface area (Å²) < 4.78 is 43.7. The minimum absolute atomic E-state index is 0.374. The molecule has 0 aliphatic heterocycles. The summed E-state index contributed by atoms with van der Waals surface area (Å²) in [5, 5.41) is 8.32. The van der Waals surface area contributed by atoms with Gasteiger partial charge in [0.2, 0.25) is 5.75 Å². The fourth-order valence-corrected chi connectivity index (χ4v) is 1.13. The van der Waals surface area contributed by atoms with Crippen LogP contribution in [0.15, 0.2) is 6.20 Å². The first-order valence-corrected chi connectivity index (χ1v) is 4.35. The number of carbonyl (C=O) groups is 1. The largest absolute Gasteiger partial charge is 0.574 e. The molecule has 94 valence electrons. The number of methoxy groups -OCH3 is 1. The number of pyridine rings is 1. The summed E-state index contributed by atoms with van der Waals surface area (Å²) in [6.07, 6.45) is -4.32. The lowest BCUT2D eigenvalue weighted by Crippen LogP contribution is -2.18. The van der Waals surface area contributed by atoms with Gasteiger partial charge in [-0.05, 0) is 11.6 Å². The van der Waals surface area contributed by atoms with Crippen LogP contribution in [0.25, 0.3) is 0 Å². The Morgan fingerprint density at radius 1 is 1.53 bits per heavy atom. The molecule has 0 spiro atoms. The molecule has 0 bridgehead atoms. The molecule has 0 aliphatic rings. The molecule has 0 atom stereocenters. The number of nitrogens with zero attached hydrogens (tertiary/aromatic N) is 1. The monoisotopic (exact) mass is 271 g/mol. The fourth-order valence-electron chi connectivity index (χ4n) is 0.999. The van der Waals surface area contributed by atoms with Crippen molar-refractivity contribution >= 4 is 16.8 Å². The van der Waals surface area contributed by atoms with Crippen molar-refractivity contribution in [2.24, 2.45) is 0 Å². The van der Waals surface area contributed by atoms with Crippen LogP contribution in [0.3, 0.4) is 0 Å². The van der Waals surface area contributed by atoms with Gasteiger partial charge in [-0.15, -0.1) is 13.2 Å². The van der Waals surface area contributed by atoms with Crippen LogP contribution in [0.2, 0.25) is 0 Å². The molecule has 17 heavy (non-hydrogen) atoms. The van der Waals surface area contributed by atoms with E-state index in [4.69, 9.17) is 11.6 Å². The lowest BCUT2D eigenvalue weighted by molar-refractivity contribution is -0.276. The third kappa shape index (κ3) is 3.13. The van der Waals surface area contributed by atoms with E-state index in [1.54, 1.807) is 0 Å². The van der Waals surface area contributed by atoms with E-state index >= 15 is 0 Å². The summed E-state index contributed by atoms with van der Waals surface area (Å²) in [6.45, 7) is 0. The standard InChI is InChI=1S/C8H5ClF3NO4/c1-16-5-3(6(9)15)2-13-7(4(5)14)17-8(10,11)12/h2,14H,1H3. The van der Waals surface area contributed by atoms with Gasteiger partial charge in [0.1, 0.15) is 0 Å². The number of rotatable bonds is 3. The van der Waals surface area contributed by atoms with E-state index < -0.39 is 29.0 Å². The Kier molecular flexibility index (Phi) is 3.66. The molecular weight excluding hydrogens is 267 g/mol. The van der Waals surface area contributed by atoms with E-state index in [2.05, 4.69) is 14.5 Å². The van der Waals surface area contributed by atoms with Crippen molar-refractivity contribution in [1.82, 2.24) is 4.98 Å². The van der Waals surface area contributed by atoms with E-state index in [1.165, 1.54) is 0 Å². The van der Waals surface area contributed by atoms with Crippen LogP contribution in [-0.4, -0.2) is 28.8 Å². The first-order valence-electron chi connectivity index (χ1n) is 3.97. The molecule has 0 aliphatic carbocycles. The zero-order valence-corrected chi connectivity index (χ0v) is 8.96. The van der Waals surface area contributed by atoms with Gasteiger partial charge in [0.05, 0.1) is 12.7 Å². The van der Waals surface area contributed by atoms with Gasteiger partial charge in [0.15, 0.2) is 5.75 Å². The number of hydrogen-bond donors (Lipinski definition) is 1. The second kappa shape index (κ2) is 4.66. The van der Waals surface area contributed by atoms with Crippen molar-refractivity contribution in [2.75, 3.05) is 7.11 Å². The molecule has 0 saturated heterocycles. The molecule has 1 aromatic rings. The molecule has 0 fully saturated rings. The Morgan fingerprint density at radius 3 is 2.53 bits per heavy atom. The maximum atomic E-state index is 11.9. The first-order chi connectivity index (χ1) is 7.76. The van der Waals surface area contributed by atoms with Crippen LogP contribution in [0, 0.1) is 0 Å². The van der Waals surface area contributed by atoms with Gasteiger partial charge in [-0.3, -0.25) is 4.79 Å². The highest BCUT2D eigenvalue weighted by atomic mass is 35.5. The van der Waals surface area contributed by atoms with Crippen molar-refractivity contribution in [1.29, 1.82) is 0 Å². The number of hydrogen-bond acceptors (Lipinski definition) is 5. The molecular formula is C8H5ClF3NO4. The summed E-state index contributed by atoms with van der Waals surface area (Å²) in [5.41, 5.74) is -0.374. The third-order valence-corrected chi connectivity index (χ3v) is 1.81. The fraction of sp³-hybridized carbons (Fsp3) is 0.250. The third-order valence-electron chi connectivity index (χ3n) is 1.60. The number of halogens is 4. The second-order valence-corrected chi connectivity index (χ2v) is 3.02. The zero-order valence-electron chi connectivity index (χ0n) is 8.21. The van der Waals surface area contributed by atoms with E-state index in [0.717, 1.165) is 7.11 Å². The number of aromatic nitrogens is 1. The second-order valence-electron chi connectivity index (χ2n) is 2.68. The van der Waals surface area contributed by atoms with Crippen molar-refractivity contribution in [3.63, 3.8) is 0 Å². The number of ether oxygens (including phenoxy) is 2. The Hall–Kier alpha value is -1.70. The van der Waals surface area contributed by atoms with Gasteiger partial charge in [0.25, 0.3) is 11.1 Å². The quantitative estimate of drug-likeness (QED) is 0.852. The van der Waals surface area contributed by atoms with E-state index in [-0.39, 0.29) is 5.56 Å². The average Bonchev–Trinajstić information content (AvgIpc) is 2.18. The van der Waals surface area contributed by atoms with Crippen LogP contribution in [0.1, 0.15) is 10.4 Å². The smallest absolute Gasteiger partial charge is 0.501 e. The van der Waals surface area contributed by atoms with Crippen LogP contribution in [0.5, 0.6) is 17.4 Å². The SMILES string of the molecule is COc1c(C(=O)Cl)cnc(OC(F)(F)F)c1O. The highest BCUT2D eigenvalue weighted by Crippen LogP contribution is 2.39. The van der Waals surface area contributed by atoms with Gasteiger partial charge in [-0.2, -0.15) is 0 Å². The minimum Gasteiger partial charge on any atom is -0.501 e. The lowest BCUT2D eigenvalue weighted by atomic mass is 10.2. The molecule has 0 radical (unpaired) electrons. The van der Waals surface area contributed by atoms with Gasteiger partial charge < -0.3 is 14.6 Å². The summed E-state index contributed by atoms with van der Waals surface area (Å²) >= 11 is 5.11. The molecule has 1 N–H and O–H groups in total. The lowest BCUT2D eigenvalue weighted by Gasteiger charge is -2.12. The van der Waals surface area contributed by atoms with E-state index in [1.807, 2.05) is 0 Å². The van der Waals surface area contributed by atoms with Gasteiger partial charge in [0, 0.05) is 6.20 Å². The molecule has 1 rings (SSSR count). The summed E-state index contributed by atoms with van der Waals surface area (Å²) in [7, 11) is 1.04. The molecule has 1 heterocycles. The van der Waals surface area contributed by atoms with Crippen molar-refractivity contribution in [3.05, 3.63) is 11.8 Å². The van der Waals surface area contributed by atoms with Gasteiger partial charge in [-0.25, -0.2) is 4.98 Å². The molecule has 0 saturated carbocycles. The number of alkyl halides is 3. The van der Waals surface area contributed by atoms with Crippen LogP contribution in [0.4, 0.5) is 13.2 Å². The minimum atomic E-state index is -5.03. The topological polar surface area (TPSA) is 68.7 Å². The summed E-state index contributed by atoms with van der Waals surface area (Å²) in [4.78, 5) is 14.0. The Bertz CT molecular complexity index is 449. The Balaban J connectivity index is 3.25. The maximum absolute atomic E-state index is 11.9. The van der Waals surface area contributed by atoms with Gasteiger partial charge >= 0.3 is 6.36 Å². The van der Waals surface area contributed by atoms with Crippen molar-refractivity contribution in [2.45, 2.75) is 6.36 Å². The summed E-state index contributed by atoms with van der Waals surface area (Å²) in [5.74, 6) is -2.73. The van der Waals surface area contributed by atoms with E-state index in [9.17, 15) is 23.1 Å². The predicted octanol–water partition coefficient (Wildman–Crippen LogP) is 2.07.